The average Bonchev–Trinajstić information content (AvgIpc) is 2.34. The fraction of sp³-hybridized carbons (Fsp3) is 0.611. The van der Waals surface area contributed by atoms with Crippen LogP contribution in [0.3, 0.4) is 0 Å². The zero-order valence-corrected chi connectivity index (χ0v) is 14.4. The summed E-state index contributed by atoms with van der Waals surface area (Å²) >= 11 is 0. The first-order valence-electron chi connectivity index (χ1n) is 7.34. The van der Waals surface area contributed by atoms with Crippen molar-refractivity contribution in [1.82, 2.24) is 0 Å². The predicted molar refractivity (Wildman–Crippen MR) is 86.2 cm³/mol. The molecule has 0 aliphatic heterocycles. The van der Waals surface area contributed by atoms with Gasteiger partial charge in [-0.2, -0.15) is 0 Å². The topological polar surface area (TPSA) is 35.5 Å². The highest BCUT2D eigenvalue weighted by Gasteiger charge is 2.23. The Balaban J connectivity index is 3.06. The molecule has 0 spiro atoms. The lowest BCUT2D eigenvalue weighted by atomic mass is 9.80. The van der Waals surface area contributed by atoms with Crippen LogP contribution in [0, 0.1) is 0 Å². The van der Waals surface area contributed by atoms with Crippen LogP contribution in [0.1, 0.15) is 52.7 Å². The van der Waals surface area contributed by atoms with Crippen molar-refractivity contribution in [3.05, 3.63) is 29.3 Å². The Hall–Kier alpha value is -1.35. The molecule has 3 nitrogen and oxygen atoms in total. The molecule has 0 atom stereocenters. The molecule has 0 bridgehead atoms. The SMILES string of the molecule is COCC(=O)COc1ccc(C(C)(C)C)cc1C(C)(C)C. The molecular formula is C18H28O3. The fourth-order valence-electron chi connectivity index (χ4n) is 2.07. The van der Waals surface area contributed by atoms with E-state index in [0.29, 0.717) is 0 Å². The molecule has 0 amide bonds. The van der Waals surface area contributed by atoms with E-state index in [2.05, 4.69) is 53.7 Å². The molecule has 0 saturated heterocycles. The van der Waals surface area contributed by atoms with Gasteiger partial charge in [-0.3, -0.25) is 4.79 Å². The number of benzene rings is 1. The molecule has 0 radical (unpaired) electrons. The van der Waals surface area contributed by atoms with Gasteiger partial charge in [-0.05, 0) is 28.0 Å². The normalized spacial score (nSPS) is 12.3. The lowest BCUT2D eigenvalue weighted by Crippen LogP contribution is -2.20. The van der Waals surface area contributed by atoms with Crippen LogP contribution in [0.5, 0.6) is 5.75 Å². The molecule has 0 aliphatic carbocycles. The van der Waals surface area contributed by atoms with Crippen molar-refractivity contribution in [2.75, 3.05) is 20.3 Å². The van der Waals surface area contributed by atoms with E-state index >= 15 is 0 Å². The fourth-order valence-corrected chi connectivity index (χ4v) is 2.07. The Kier molecular flexibility index (Phi) is 5.57. The second kappa shape index (κ2) is 6.61. The standard InChI is InChI=1S/C18H28O3/c1-17(2,3)13-8-9-16(15(10-13)18(4,5)6)21-12-14(19)11-20-7/h8-10H,11-12H2,1-7H3. The maximum atomic E-state index is 11.6. The molecule has 0 N–H and O–H groups in total. The van der Waals surface area contributed by atoms with Gasteiger partial charge in [-0.1, -0.05) is 53.7 Å². The molecule has 1 aromatic carbocycles. The quantitative estimate of drug-likeness (QED) is 0.826. The summed E-state index contributed by atoms with van der Waals surface area (Å²) in [6.45, 7) is 13.2. The predicted octanol–water partition coefficient (Wildman–Crippen LogP) is 3.88. The number of ether oxygens (including phenoxy) is 2. The number of Topliss-reactive ketones (excluding diaryl/α,β-unsaturated/α-hetero) is 1. The number of rotatable bonds is 5. The third-order valence-corrected chi connectivity index (χ3v) is 3.35. The van der Waals surface area contributed by atoms with Gasteiger partial charge in [-0.15, -0.1) is 0 Å². The molecule has 1 aromatic rings. The molecule has 0 saturated carbocycles. The highest BCUT2D eigenvalue weighted by Crippen LogP contribution is 2.35. The average molecular weight is 292 g/mol. The summed E-state index contributed by atoms with van der Waals surface area (Å²) in [5.74, 6) is 0.720. The van der Waals surface area contributed by atoms with Gasteiger partial charge in [0.05, 0.1) is 0 Å². The molecule has 1 rings (SSSR count). The van der Waals surface area contributed by atoms with Gasteiger partial charge in [-0.25, -0.2) is 0 Å². The second-order valence-electron chi connectivity index (χ2n) is 7.47. The van der Waals surface area contributed by atoms with Crippen molar-refractivity contribution in [3.63, 3.8) is 0 Å². The Bertz CT molecular complexity index is 490. The molecule has 118 valence electrons. The van der Waals surface area contributed by atoms with Crippen LogP contribution >= 0.6 is 0 Å². The highest BCUT2D eigenvalue weighted by atomic mass is 16.5. The summed E-state index contributed by atoms with van der Waals surface area (Å²) in [5, 5.41) is 0. The van der Waals surface area contributed by atoms with E-state index in [-0.39, 0.29) is 29.8 Å². The summed E-state index contributed by atoms with van der Waals surface area (Å²) in [5.41, 5.74) is 2.44. The minimum absolute atomic E-state index is 0.0408. The van der Waals surface area contributed by atoms with Crippen LogP contribution in [-0.2, 0) is 20.4 Å². The van der Waals surface area contributed by atoms with Crippen molar-refractivity contribution in [2.45, 2.75) is 52.4 Å². The first kappa shape index (κ1) is 17.7. The number of carbonyl (C=O) groups is 1. The van der Waals surface area contributed by atoms with Gasteiger partial charge >= 0.3 is 0 Å². The maximum Gasteiger partial charge on any atom is 0.195 e. The van der Waals surface area contributed by atoms with Crippen molar-refractivity contribution in [1.29, 1.82) is 0 Å². The molecule has 21 heavy (non-hydrogen) atoms. The van der Waals surface area contributed by atoms with E-state index in [1.807, 2.05) is 6.07 Å². The maximum absolute atomic E-state index is 11.6. The molecular weight excluding hydrogens is 264 g/mol. The zero-order valence-electron chi connectivity index (χ0n) is 14.4. The molecule has 3 heteroatoms. The zero-order chi connectivity index (χ0) is 16.3. The number of hydrogen-bond donors (Lipinski definition) is 0. The number of hydrogen-bond acceptors (Lipinski definition) is 3. The lowest BCUT2D eigenvalue weighted by molar-refractivity contribution is -0.124. The summed E-state index contributed by atoms with van der Waals surface area (Å²) in [4.78, 5) is 11.6. The number of ketones is 1. The summed E-state index contributed by atoms with van der Waals surface area (Å²) in [6, 6.07) is 6.24. The second-order valence-corrected chi connectivity index (χ2v) is 7.47. The van der Waals surface area contributed by atoms with E-state index < -0.39 is 0 Å². The van der Waals surface area contributed by atoms with Crippen LogP contribution in [0.15, 0.2) is 18.2 Å². The first-order chi connectivity index (χ1) is 9.55. The van der Waals surface area contributed by atoms with Crippen molar-refractivity contribution >= 4 is 5.78 Å². The minimum atomic E-state index is -0.0581. The van der Waals surface area contributed by atoms with E-state index in [1.165, 1.54) is 12.7 Å². The third-order valence-electron chi connectivity index (χ3n) is 3.35. The smallest absolute Gasteiger partial charge is 0.195 e. The van der Waals surface area contributed by atoms with Crippen molar-refractivity contribution in [2.24, 2.45) is 0 Å². The van der Waals surface area contributed by atoms with E-state index in [9.17, 15) is 4.79 Å². The summed E-state index contributed by atoms with van der Waals surface area (Å²) in [6.07, 6.45) is 0. The molecule has 0 aromatic heterocycles. The lowest BCUT2D eigenvalue weighted by Gasteiger charge is -2.27. The van der Waals surface area contributed by atoms with Crippen LogP contribution in [0.2, 0.25) is 0 Å². The Morgan fingerprint density at radius 1 is 1.00 bits per heavy atom. The van der Waals surface area contributed by atoms with Gasteiger partial charge in [0.15, 0.2) is 5.78 Å². The van der Waals surface area contributed by atoms with Crippen LogP contribution in [0.4, 0.5) is 0 Å². The van der Waals surface area contributed by atoms with Gasteiger partial charge in [0.1, 0.15) is 19.0 Å². The number of methoxy groups -OCH3 is 1. The summed E-state index contributed by atoms with van der Waals surface area (Å²) < 4.78 is 10.5. The van der Waals surface area contributed by atoms with Crippen LogP contribution < -0.4 is 4.74 Å². The van der Waals surface area contributed by atoms with Crippen molar-refractivity contribution in [3.8, 4) is 5.75 Å². The van der Waals surface area contributed by atoms with Gasteiger partial charge in [0, 0.05) is 7.11 Å². The van der Waals surface area contributed by atoms with Crippen molar-refractivity contribution < 1.29 is 14.3 Å². The highest BCUT2D eigenvalue weighted by molar-refractivity contribution is 5.81. The van der Waals surface area contributed by atoms with Gasteiger partial charge in [0.2, 0.25) is 0 Å². The third kappa shape index (κ3) is 5.16. The number of carbonyl (C=O) groups excluding carboxylic acids is 1. The largest absolute Gasteiger partial charge is 0.485 e. The Morgan fingerprint density at radius 2 is 1.62 bits per heavy atom. The minimum Gasteiger partial charge on any atom is -0.485 e. The molecule has 0 fully saturated rings. The van der Waals surface area contributed by atoms with E-state index in [1.54, 1.807) is 0 Å². The monoisotopic (exact) mass is 292 g/mol. The molecule has 0 unspecified atom stereocenters. The summed E-state index contributed by atoms with van der Waals surface area (Å²) in [7, 11) is 1.51. The van der Waals surface area contributed by atoms with E-state index in [4.69, 9.17) is 9.47 Å². The van der Waals surface area contributed by atoms with Crippen LogP contribution in [-0.4, -0.2) is 26.1 Å². The van der Waals surface area contributed by atoms with Gasteiger partial charge < -0.3 is 9.47 Å². The van der Waals surface area contributed by atoms with Gasteiger partial charge in [0.25, 0.3) is 0 Å². The molecule has 0 aliphatic rings. The van der Waals surface area contributed by atoms with E-state index in [0.717, 1.165) is 11.3 Å². The first-order valence-corrected chi connectivity index (χ1v) is 7.34. The Morgan fingerprint density at radius 3 is 2.10 bits per heavy atom. The van der Waals surface area contributed by atoms with Crippen LogP contribution in [0.25, 0.3) is 0 Å². The Labute approximate surface area is 128 Å². The molecule has 0 heterocycles.